The van der Waals surface area contributed by atoms with Crippen LogP contribution in [0.1, 0.15) is 290 Å². The molecule has 0 aromatic heterocycles. The van der Waals surface area contributed by atoms with Crippen molar-refractivity contribution >= 4 is 13.7 Å². The first-order valence-corrected chi connectivity index (χ1v) is 32.6. The van der Waals surface area contributed by atoms with Crippen LogP contribution in [0.2, 0.25) is 0 Å². The summed E-state index contributed by atoms with van der Waals surface area (Å²) in [7, 11) is 1.59. The summed E-state index contributed by atoms with van der Waals surface area (Å²) >= 11 is 0. The Kier molecular flexibility index (Phi) is 53.6. The summed E-state index contributed by atoms with van der Waals surface area (Å²) in [5.41, 5.74) is 0. The Hall–Kier alpha value is -1.80. The zero-order chi connectivity index (χ0) is 53.5. The second-order valence-electron chi connectivity index (χ2n) is 22.4. The van der Waals surface area contributed by atoms with Crippen molar-refractivity contribution in [1.29, 1.82) is 0 Å². The molecule has 9 heteroatoms. The van der Waals surface area contributed by atoms with E-state index in [1.807, 2.05) is 21.1 Å². The van der Waals surface area contributed by atoms with Gasteiger partial charge in [-0.1, -0.05) is 286 Å². The first kappa shape index (κ1) is 71.2. The molecule has 0 aliphatic heterocycles. The third-order valence-electron chi connectivity index (χ3n) is 14.0. The third-order valence-corrected chi connectivity index (χ3v) is 15.0. The van der Waals surface area contributed by atoms with Crippen LogP contribution in [-0.4, -0.2) is 73.4 Å². The van der Waals surface area contributed by atoms with Crippen LogP contribution in [0.5, 0.6) is 0 Å². The summed E-state index contributed by atoms with van der Waals surface area (Å²) in [6, 6.07) is -0.783. The number of carbonyl (C=O) groups excluding carboxylic acids is 1. The summed E-state index contributed by atoms with van der Waals surface area (Å²) in [6.45, 7) is 4.77. The van der Waals surface area contributed by atoms with Gasteiger partial charge < -0.3 is 19.8 Å². The predicted octanol–water partition coefficient (Wildman–Crippen LogP) is 19.3. The highest BCUT2D eigenvalue weighted by molar-refractivity contribution is 7.47. The molecular formula is C64H122N2O6P+. The molecule has 0 aromatic carbocycles. The summed E-state index contributed by atoms with van der Waals surface area (Å²) in [6.07, 6.45) is 74.5. The standard InChI is InChI=1S/C64H121N2O6P/c1-6-8-10-12-14-16-18-20-22-24-26-27-28-29-30-31-32-33-34-35-36-37-38-40-41-43-45-47-49-51-53-55-57-63(67)62(61-72-73(69,70)71-60-59-66(3,4)5)65-64(68)58-56-54-52-50-48-46-44-42-39-25-23-21-19-17-15-13-11-9-7-2/h9,11,15,17,21,23,39,42,46,48,62-63,67H,6-8,10,12-14,16,18-20,22,24-38,40-41,43-45,47,49-61H2,1-5H3,(H-,65,68,69,70)/p+1/b11-9-,17-15-,23-21-,42-39-,48-46-. The smallest absolute Gasteiger partial charge is 0.391 e. The Morgan fingerprint density at radius 2 is 0.822 bits per heavy atom. The van der Waals surface area contributed by atoms with Crippen LogP contribution < -0.4 is 5.32 Å². The van der Waals surface area contributed by atoms with E-state index in [0.717, 1.165) is 77.0 Å². The normalized spacial score (nSPS) is 14.2. The van der Waals surface area contributed by atoms with Gasteiger partial charge in [0.1, 0.15) is 13.2 Å². The number of rotatable bonds is 57. The van der Waals surface area contributed by atoms with Crippen molar-refractivity contribution < 1.29 is 32.9 Å². The van der Waals surface area contributed by atoms with Crippen molar-refractivity contribution in [2.24, 2.45) is 0 Å². The maximum atomic E-state index is 13.0. The van der Waals surface area contributed by atoms with Crippen molar-refractivity contribution in [1.82, 2.24) is 5.32 Å². The fourth-order valence-corrected chi connectivity index (χ4v) is 9.93. The topological polar surface area (TPSA) is 105 Å². The van der Waals surface area contributed by atoms with Gasteiger partial charge in [0.15, 0.2) is 0 Å². The molecule has 0 aliphatic rings. The highest BCUT2D eigenvalue weighted by atomic mass is 31.2. The molecule has 3 atom stereocenters. The minimum atomic E-state index is -4.34. The number of nitrogens with one attached hydrogen (secondary N) is 1. The number of likely N-dealkylation sites (N-methyl/N-ethyl adjacent to an activating group) is 1. The Morgan fingerprint density at radius 3 is 1.19 bits per heavy atom. The van der Waals surface area contributed by atoms with Gasteiger partial charge in [0.2, 0.25) is 5.91 Å². The maximum Gasteiger partial charge on any atom is 0.472 e. The van der Waals surface area contributed by atoms with Gasteiger partial charge in [-0.3, -0.25) is 13.8 Å². The minimum absolute atomic E-state index is 0.0657. The molecular weight excluding hydrogens is 924 g/mol. The van der Waals surface area contributed by atoms with Gasteiger partial charge in [-0.2, -0.15) is 0 Å². The fraction of sp³-hybridized carbons (Fsp3) is 0.828. The zero-order valence-electron chi connectivity index (χ0n) is 48.9. The van der Waals surface area contributed by atoms with Crippen molar-refractivity contribution in [2.75, 3.05) is 40.9 Å². The number of aliphatic hydroxyl groups excluding tert-OH is 1. The quantitative estimate of drug-likeness (QED) is 0.0243. The number of aliphatic hydroxyl groups is 1. The first-order valence-electron chi connectivity index (χ1n) is 31.2. The van der Waals surface area contributed by atoms with E-state index >= 15 is 0 Å². The molecule has 0 fully saturated rings. The largest absolute Gasteiger partial charge is 0.472 e. The van der Waals surface area contributed by atoms with Crippen LogP contribution in [0, 0.1) is 0 Å². The lowest BCUT2D eigenvalue weighted by atomic mass is 10.0. The predicted molar refractivity (Wildman–Crippen MR) is 318 cm³/mol. The number of hydrogen-bond donors (Lipinski definition) is 3. The number of allylic oxidation sites excluding steroid dienone is 10. The second-order valence-corrected chi connectivity index (χ2v) is 23.9. The molecule has 0 aromatic rings. The highest BCUT2D eigenvalue weighted by Crippen LogP contribution is 2.43. The van der Waals surface area contributed by atoms with Crippen LogP contribution in [0.4, 0.5) is 0 Å². The van der Waals surface area contributed by atoms with Gasteiger partial charge in [-0.15, -0.1) is 0 Å². The molecule has 0 rings (SSSR count). The molecule has 0 saturated carbocycles. The van der Waals surface area contributed by atoms with Crippen LogP contribution in [-0.2, 0) is 18.4 Å². The zero-order valence-corrected chi connectivity index (χ0v) is 49.8. The van der Waals surface area contributed by atoms with Crippen molar-refractivity contribution in [3.63, 3.8) is 0 Å². The van der Waals surface area contributed by atoms with Crippen molar-refractivity contribution in [2.45, 2.75) is 302 Å². The first-order chi connectivity index (χ1) is 35.5. The summed E-state index contributed by atoms with van der Waals surface area (Å²) in [4.78, 5) is 23.3. The van der Waals surface area contributed by atoms with Gasteiger partial charge in [-0.05, 0) is 57.8 Å². The highest BCUT2D eigenvalue weighted by Gasteiger charge is 2.28. The number of phosphoric ester groups is 1. The molecule has 0 aliphatic carbocycles. The lowest BCUT2D eigenvalue weighted by Gasteiger charge is -2.26. The molecule has 0 radical (unpaired) electrons. The van der Waals surface area contributed by atoms with Gasteiger partial charge in [0, 0.05) is 6.42 Å². The number of nitrogens with zero attached hydrogens (tertiary/aromatic N) is 1. The molecule has 3 unspecified atom stereocenters. The van der Waals surface area contributed by atoms with Gasteiger partial charge in [0.05, 0.1) is 39.9 Å². The molecule has 0 spiro atoms. The third kappa shape index (κ3) is 57.7. The average Bonchev–Trinajstić information content (AvgIpc) is 3.35. The van der Waals surface area contributed by atoms with E-state index in [0.29, 0.717) is 23.9 Å². The van der Waals surface area contributed by atoms with Crippen LogP contribution in [0.15, 0.2) is 60.8 Å². The SMILES string of the molecule is CC/C=C\C/C=C\C/C=C\C/C=C\C/C=C\CCCCCC(=O)NC(COP(=O)(O)OCC[N+](C)(C)C)C(O)CCCCCCCCCCCCCCCCCCCCCCCCCCCCCCCCCC. The van der Waals surface area contributed by atoms with Gasteiger partial charge in [0.25, 0.3) is 0 Å². The number of amides is 1. The monoisotopic (exact) mass is 1050 g/mol. The Morgan fingerprint density at radius 1 is 0.479 bits per heavy atom. The van der Waals surface area contributed by atoms with E-state index in [2.05, 4.69) is 79.9 Å². The van der Waals surface area contributed by atoms with Crippen LogP contribution in [0.3, 0.4) is 0 Å². The number of unbranched alkanes of at least 4 members (excludes halogenated alkanes) is 34. The lowest BCUT2D eigenvalue weighted by molar-refractivity contribution is -0.870. The molecule has 1 amide bonds. The van der Waals surface area contributed by atoms with E-state index in [1.165, 1.54) is 186 Å². The Bertz CT molecular complexity index is 1370. The van der Waals surface area contributed by atoms with Gasteiger partial charge >= 0.3 is 7.82 Å². The van der Waals surface area contributed by atoms with E-state index in [-0.39, 0.29) is 19.1 Å². The van der Waals surface area contributed by atoms with E-state index < -0.39 is 20.0 Å². The summed E-state index contributed by atoms with van der Waals surface area (Å²) in [5, 5.41) is 14.1. The van der Waals surface area contributed by atoms with E-state index in [1.54, 1.807) is 0 Å². The average molecular weight is 1050 g/mol. The second kappa shape index (κ2) is 55.0. The molecule has 8 nitrogen and oxygen atoms in total. The summed E-state index contributed by atoms with van der Waals surface area (Å²) in [5.74, 6) is -0.174. The molecule has 428 valence electrons. The molecule has 0 bridgehead atoms. The number of carbonyl (C=O) groups is 1. The van der Waals surface area contributed by atoms with Gasteiger partial charge in [-0.25, -0.2) is 4.57 Å². The molecule has 73 heavy (non-hydrogen) atoms. The molecule has 0 saturated heterocycles. The number of quaternary nitrogens is 1. The lowest BCUT2D eigenvalue weighted by Crippen LogP contribution is -2.46. The van der Waals surface area contributed by atoms with Crippen molar-refractivity contribution in [3.8, 4) is 0 Å². The summed E-state index contributed by atoms with van der Waals surface area (Å²) < 4.78 is 23.8. The van der Waals surface area contributed by atoms with E-state index in [9.17, 15) is 19.4 Å². The number of phosphoric acid groups is 1. The molecule has 3 N–H and O–H groups in total. The number of hydrogen-bond acceptors (Lipinski definition) is 5. The minimum Gasteiger partial charge on any atom is -0.391 e. The Labute approximate surface area is 453 Å². The van der Waals surface area contributed by atoms with Crippen LogP contribution in [0.25, 0.3) is 0 Å². The van der Waals surface area contributed by atoms with Crippen molar-refractivity contribution in [3.05, 3.63) is 60.8 Å². The van der Waals surface area contributed by atoms with Crippen LogP contribution >= 0.6 is 7.82 Å². The fourth-order valence-electron chi connectivity index (χ4n) is 9.19. The molecule has 0 heterocycles. The Balaban J connectivity index is 4.08. The van der Waals surface area contributed by atoms with E-state index in [4.69, 9.17) is 9.05 Å². The maximum absolute atomic E-state index is 13.0.